The van der Waals surface area contributed by atoms with Crippen molar-refractivity contribution in [3.63, 3.8) is 0 Å². The molecule has 0 aliphatic carbocycles. The number of ether oxygens (including phenoxy) is 1. The minimum absolute atomic E-state index is 0.226. The van der Waals surface area contributed by atoms with Gasteiger partial charge in [0.1, 0.15) is 24.6 Å². The van der Waals surface area contributed by atoms with Gasteiger partial charge in [0.05, 0.1) is 18.5 Å². The predicted octanol–water partition coefficient (Wildman–Crippen LogP) is 1.08. The van der Waals surface area contributed by atoms with Crippen molar-refractivity contribution in [2.45, 2.75) is 5.92 Å². The fourth-order valence-electron chi connectivity index (χ4n) is 2.18. The number of anilines is 2. The van der Waals surface area contributed by atoms with E-state index in [0.29, 0.717) is 29.2 Å². The van der Waals surface area contributed by atoms with Crippen molar-refractivity contribution in [2.75, 3.05) is 36.9 Å². The van der Waals surface area contributed by atoms with E-state index >= 15 is 0 Å². The molecule has 0 aromatic carbocycles. The largest absolute Gasteiger partial charge is 0.384 e. The molecule has 2 N–H and O–H groups in total. The molecule has 106 valence electrons. The van der Waals surface area contributed by atoms with E-state index in [1.807, 2.05) is 0 Å². The number of aromatic nitrogens is 3. The molecule has 3 rings (SSSR count). The molecule has 1 aliphatic heterocycles. The van der Waals surface area contributed by atoms with Crippen molar-refractivity contribution in [3.05, 3.63) is 18.5 Å². The summed E-state index contributed by atoms with van der Waals surface area (Å²) >= 11 is 0. The van der Waals surface area contributed by atoms with Gasteiger partial charge in [-0.1, -0.05) is 0 Å². The van der Waals surface area contributed by atoms with E-state index in [1.165, 1.54) is 11.2 Å². The number of nitrogen functional groups attached to an aromatic ring is 1. The number of pyridine rings is 1. The molecule has 0 amide bonds. The molecule has 8 heteroatoms. The Morgan fingerprint density at radius 1 is 1.30 bits per heavy atom. The number of nitrogens with two attached hydrogens (primary N) is 1. The molecule has 0 unspecified atom stereocenters. The Morgan fingerprint density at radius 3 is 3.00 bits per heavy atom. The van der Waals surface area contributed by atoms with Crippen LogP contribution in [0.5, 0.6) is 0 Å². The van der Waals surface area contributed by atoms with Gasteiger partial charge in [-0.2, -0.15) is 0 Å². The first kappa shape index (κ1) is 12.9. The number of halogens is 2. The van der Waals surface area contributed by atoms with Crippen molar-refractivity contribution >= 4 is 22.7 Å². The van der Waals surface area contributed by atoms with E-state index in [9.17, 15) is 8.78 Å². The molecule has 20 heavy (non-hydrogen) atoms. The Morgan fingerprint density at radius 2 is 2.15 bits per heavy atom. The van der Waals surface area contributed by atoms with Gasteiger partial charge in [-0.05, 0) is 12.1 Å². The van der Waals surface area contributed by atoms with Crippen LogP contribution in [0.25, 0.3) is 11.0 Å². The smallest absolute Gasteiger partial charge is 0.288 e. The van der Waals surface area contributed by atoms with Crippen LogP contribution < -0.4 is 10.6 Å². The summed E-state index contributed by atoms with van der Waals surface area (Å²) in [7, 11) is 0. The van der Waals surface area contributed by atoms with E-state index in [0.717, 1.165) is 0 Å². The maximum absolute atomic E-state index is 13.6. The fraction of sp³-hybridized carbons (Fsp3) is 0.417. The summed E-state index contributed by atoms with van der Waals surface area (Å²) < 4.78 is 32.2. The zero-order chi connectivity index (χ0) is 14.2. The Labute approximate surface area is 113 Å². The van der Waals surface area contributed by atoms with E-state index in [1.54, 1.807) is 12.1 Å². The van der Waals surface area contributed by atoms with Crippen molar-refractivity contribution in [1.82, 2.24) is 15.0 Å². The van der Waals surface area contributed by atoms with Crippen LogP contribution in [0.1, 0.15) is 0 Å². The molecule has 2 aromatic heterocycles. The summed E-state index contributed by atoms with van der Waals surface area (Å²) in [5.41, 5.74) is 5.99. The highest BCUT2D eigenvalue weighted by Crippen LogP contribution is 2.27. The van der Waals surface area contributed by atoms with Crippen molar-refractivity contribution in [3.8, 4) is 0 Å². The monoisotopic (exact) mass is 281 g/mol. The SMILES string of the molecule is Nc1ccc2c(N3CCOCC(F)(F)C3)ncnc2n1. The van der Waals surface area contributed by atoms with Gasteiger partial charge >= 0.3 is 0 Å². The van der Waals surface area contributed by atoms with Crippen LogP contribution in [0.15, 0.2) is 18.5 Å². The molecular formula is C12H13F2N5O. The zero-order valence-electron chi connectivity index (χ0n) is 10.6. The normalized spacial score (nSPS) is 19.0. The average molecular weight is 281 g/mol. The van der Waals surface area contributed by atoms with Crippen LogP contribution in [0.2, 0.25) is 0 Å². The summed E-state index contributed by atoms with van der Waals surface area (Å²) in [5.74, 6) is -2.16. The Kier molecular flexibility index (Phi) is 3.09. The van der Waals surface area contributed by atoms with Crippen LogP contribution in [0.4, 0.5) is 20.4 Å². The van der Waals surface area contributed by atoms with Crippen LogP contribution in [-0.4, -0.2) is 47.2 Å². The molecule has 6 nitrogen and oxygen atoms in total. The molecule has 3 heterocycles. The van der Waals surface area contributed by atoms with Gasteiger partial charge in [0.2, 0.25) is 0 Å². The highest BCUT2D eigenvalue weighted by atomic mass is 19.3. The van der Waals surface area contributed by atoms with Gasteiger partial charge in [0, 0.05) is 6.54 Å². The van der Waals surface area contributed by atoms with Crippen molar-refractivity contribution in [1.29, 1.82) is 0 Å². The average Bonchev–Trinajstić information content (AvgIpc) is 2.58. The van der Waals surface area contributed by atoms with Crippen molar-refractivity contribution < 1.29 is 13.5 Å². The summed E-state index contributed by atoms with van der Waals surface area (Å²) in [6.45, 7) is -0.448. The van der Waals surface area contributed by atoms with Crippen molar-refractivity contribution in [2.24, 2.45) is 0 Å². The summed E-state index contributed by atoms with van der Waals surface area (Å²) in [6.07, 6.45) is 1.30. The molecular weight excluding hydrogens is 268 g/mol. The van der Waals surface area contributed by atoms with E-state index < -0.39 is 19.1 Å². The van der Waals surface area contributed by atoms with Gasteiger partial charge in [-0.25, -0.2) is 23.7 Å². The highest BCUT2D eigenvalue weighted by Gasteiger charge is 2.35. The molecule has 2 aromatic rings. The number of nitrogens with zero attached hydrogens (tertiary/aromatic N) is 4. The molecule has 1 saturated heterocycles. The van der Waals surface area contributed by atoms with Gasteiger partial charge in [0.25, 0.3) is 5.92 Å². The van der Waals surface area contributed by atoms with Crippen LogP contribution in [0.3, 0.4) is 0 Å². The minimum Gasteiger partial charge on any atom is -0.384 e. The minimum atomic E-state index is -2.91. The fourth-order valence-corrected chi connectivity index (χ4v) is 2.18. The maximum atomic E-state index is 13.6. The molecule has 1 fully saturated rings. The number of hydrogen-bond donors (Lipinski definition) is 1. The zero-order valence-corrected chi connectivity index (χ0v) is 10.6. The van der Waals surface area contributed by atoms with E-state index in [4.69, 9.17) is 10.5 Å². The predicted molar refractivity (Wildman–Crippen MR) is 69.7 cm³/mol. The van der Waals surface area contributed by atoms with Crippen LogP contribution >= 0.6 is 0 Å². The number of hydrogen-bond acceptors (Lipinski definition) is 6. The second-order valence-electron chi connectivity index (χ2n) is 4.63. The molecule has 0 spiro atoms. The van der Waals surface area contributed by atoms with Gasteiger partial charge in [0.15, 0.2) is 5.65 Å². The molecule has 0 radical (unpaired) electrons. The summed E-state index contributed by atoms with van der Waals surface area (Å²) in [5, 5.41) is 0.597. The third kappa shape index (κ3) is 2.46. The quantitative estimate of drug-likeness (QED) is 0.842. The third-order valence-electron chi connectivity index (χ3n) is 3.04. The number of rotatable bonds is 1. The molecule has 0 bridgehead atoms. The molecule has 0 atom stereocenters. The van der Waals surface area contributed by atoms with Gasteiger partial charge < -0.3 is 15.4 Å². The number of fused-ring (bicyclic) bond motifs is 1. The maximum Gasteiger partial charge on any atom is 0.288 e. The lowest BCUT2D eigenvalue weighted by Crippen LogP contribution is -2.38. The first-order valence-corrected chi connectivity index (χ1v) is 6.13. The Bertz CT molecular complexity index is 636. The molecule has 1 aliphatic rings. The second-order valence-corrected chi connectivity index (χ2v) is 4.63. The topological polar surface area (TPSA) is 77.2 Å². The lowest BCUT2D eigenvalue weighted by atomic mass is 10.2. The molecule has 0 saturated carbocycles. The lowest BCUT2D eigenvalue weighted by Gasteiger charge is -2.24. The first-order valence-electron chi connectivity index (χ1n) is 6.13. The summed E-state index contributed by atoms with van der Waals surface area (Å²) in [4.78, 5) is 13.7. The summed E-state index contributed by atoms with van der Waals surface area (Å²) in [6, 6.07) is 3.29. The van der Waals surface area contributed by atoms with E-state index in [-0.39, 0.29) is 6.61 Å². The van der Waals surface area contributed by atoms with Crippen LogP contribution in [0, 0.1) is 0 Å². The third-order valence-corrected chi connectivity index (χ3v) is 3.04. The number of alkyl halides is 2. The van der Waals surface area contributed by atoms with Gasteiger partial charge in [-0.15, -0.1) is 0 Å². The Hall–Kier alpha value is -2.09. The van der Waals surface area contributed by atoms with Crippen LogP contribution in [-0.2, 0) is 4.74 Å². The highest BCUT2D eigenvalue weighted by molar-refractivity contribution is 5.87. The first-order chi connectivity index (χ1) is 9.55. The lowest BCUT2D eigenvalue weighted by molar-refractivity contribution is -0.0563. The van der Waals surface area contributed by atoms with Gasteiger partial charge in [-0.3, -0.25) is 0 Å². The second kappa shape index (κ2) is 4.78. The van der Waals surface area contributed by atoms with E-state index in [2.05, 4.69) is 15.0 Å². The Balaban J connectivity index is 2.04. The standard InChI is InChI=1S/C12H13F2N5O/c13-12(14)5-19(3-4-20-6-12)11-8-1-2-9(15)18-10(8)16-7-17-11/h1-2,7H,3-6H2,(H2,15,16,17,18).